The molecule has 0 radical (unpaired) electrons. The molecule has 2 amide bonds. The van der Waals surface area contributed by atoms with E-state index in [0.717, 1.165) is 48.9 Å². The fourth-order valence-corrected chi connectivity index (χ4v) is 5.73. The van der Waals surface area contributed by atoms with Crippen LogP contribution in [0.4, 0.5) is 0 Å². The number of amides is 2. The Kier molecular flexibility index (Phi) is 6.69. The van der Waals surface area contributed by atoms with E-state index < -0.39 is 5.54 Å². The molecular weight excluding hydrogens is 448 g/mol. The molecule has 0 spiro atoms. The third kappa shape index (κ3) is 4.45. The van der Waals surface area contributed by atoms with Crippen molar-refractivity contribution in [2.75, 3.05) is 0 Å². The second kappa shape index (κ2) is 9.92. The first-order chi connectivity index (χ1) is 17.4. The molecule has 2 atom stereocenters. The molecule has 1 aromatic heterocycles. The summed E-state index contributed by atoms with van der Waals surface area (Å²) in [6.45, 7) is 6.35. The third-order valence-electron chi connectivity index (χ3n) is 7.96. The molecule has 0 bridgehead atoms. The van der Waals surface area contributed by atoms with Gasteiger partial charge in [-0.3, -0.25) is 14.3 Å². The summed E-state index contributed by atoms with van der Waals surface area (Å²) in [5.74, 6) is -0.261. The second-order valence-corrected chi connectivity index (χ2v) is 10.5. The molecule has 36 heavy (non-hydrogen) atoms. The molecule has 5 rings (SSSR count). The highest BCUT2D eigenvalue weighted by molar-refractivity contribution is 6.00. The number of benzene rings is 2. The molecular formula is C30H36N4O2. The van der Waals surface area contributed by atoms with Crippen LogP contribution in [0, 0.1) is 0 Å². The first-order valence-corrected chi connectivity index (χ1v) is 13.3. The number of carbonyl (C=O) groups excluding carboxylic acids is 2. The molecule has 188 valence electrons. The Balaban J connectivity index is 1.53. The first-order valence-electron chi connectivity index (χ1n) is 13.3. The number of nitrogens with one attached hydrogen (secondary N) is 1. The zero-order chi connectivity index (χ0) is 25.3. The van der Waals surface area contributed by atoms with Crippen molar-refractivity contribution < 1.29 is 9.59 Å². The maximum Gasteiger partial charge on any atom is 0.273 e. The number of rotatable bonds is 6. The van der Waals surface area contributed by atoms with Crippen molar-refractivity contribution in [3.05, 3.63) is 77.5 Å². The van der Waals surface area contributed by atoms with Crippen LogP contribution in [0.1, 0.15) is 80.5 Å². The quantitative estimate of drug-likeness (QED) is 0.500. The van der Waals surface area contributed by atoms with Gasteiger partial charge in [-0.2, -0.15) is 5.10 Å². The van der Waals surface area contributed by atoms with Gasteiger partial charge in [0.25, 0.3) is 5.91 Å². The molecule has 6 heteroatoms. The molecule has 2 heterocycles. The topological polar surface area (TPSA) is 67.2 Å². The number of hydrogen-bond acceptors (Lipinski definition) is 3. The van der Waals surface area contributed by atoms with E-state index in [1.165, 1.54) is 12.0 Å². The third-order valence-corrected chi connectivity index (χ3v) is 7.96. The number of aryl methyl sites for hydroxylation is 1. The number of aromatic nitrogens is 2. The Hall–Kier alpha value is -3.41. The lowest BCUT2D eigenvalue weighted by Gasteiger charge is -2.47. The Bertz CT molecular complexity index is 1230. The maximum atomic E-state index is 14.1. The van der Waals surface area contributed by atoms with Gasteiger partial charge in [-0.15, -0.1) is 0 Å². The van der Waals surface area contributed by atoms with Crippen LogP contribution in [-0.4, -0.2) is 38.1 Å². The van der Waals surface area contributed by atoms with E-state index >= 15 is 0 Å². The van der Waals surface area contributed by atoms with E-state index in [-0.39, 0.29) is 23.9 Å². The highest BCUT2D eigenvalue weighted by atomic mass is 16.2. The Morgan fingerprint density at radius 2 is 1.78 bits per heavy atom. The van der Waals surface area contributed by atoms with E-state index in [0.29, 0.717) is 12.2 Å². The smallest absolute Gasteiger partial charge is 0.273 e. The predicted octanol–water partition coefficient (Wildman–Crippen LogP) is 5.54. The average molecular weight is 485 g/mol. The summed E-state index contributed by atoms with van der Waals surface area (Å²) in [5, 5.41) is 8.10. The molecule has 0 saturated heterocycles. The van der Waals surface area contributed by atoms with E-state index in [4.69, 9.17) is 5.10 Å². The van der Waals surface area contributed by atoms with Gasteiger partial charge in [-0.1, -0.05) is 80.8 Å². The van der Waals surface area contributed by atoms with E-state index in [1.807, 2.05) is 50.2 Å². The summed E-state index contributed by atoms with van der Waals surface area (Å²) in [6, 6.07) is 20.0. The molecule has 0 unspecified atom stereocenters. The van der Waals surface area contributed by atoms with Crippen molar-refractivity contribution in [1.29, 1.82) is 0 Å². The minimum absolute atomic E-state index is 0.0967. The molecule has 3 aromatic rings. The van der Waals surface area contributed by atoms with Crippen LogP contribution < -0.4 is 5.32 Å². The van der Waals surface area contributed by atoms with Crippen molar-refractivity contribution in [2.45, 2.75) is 83.5 Å². The van der Waals surface area contributed by atoms with Gasteiger partial charge in [0.2, 0.25) is 5.91 Å². The second-order valence-electron chi connectivity index (χ2n) is 10.5. The van der Waals surface area contributed by atoms with Gasteiger partial charge >= 0.3 is 0 Å². The van der Waals surface area contributed by atoms with E-state index in [1.54, 1.807) is 9.58 Å². The van der Waals surface area contributed by atoms with Gasteiger partial charge in [-0.05, 0) is 50.3 Å². The van der Waals surface area contributed by atoms with Crippen LogP contribution in [0.2, 0.25) is 0 Å². The van der Waals surface area contributed by atoms with Crippen LogP contribution in [0.15, 0.2) is 60.7 Å². The van der Waals surface area contributed by atoms with Gasteiger partial charge in [-0.25, -0.2) is 0 Å². The fourth-order valence-electron chi connectivity index (χ4n) is 5.73. The maximum absolute atomic E-state index is 14.1. The van der Waals surface area contributed by atoms with Crippen LogP contribution in [0.5, 0.6) is 0 Å². The molecule has 1 aliphatic carbocycles. The largest absolute Gasteiger partial charge is 0.351 e. The Morgan fingerprint density at radius 1 is 1.08 bits per heavy atom. The molecule has 2 aromatic carbocycles. The lowest BCUT2D eigenvalue weighted by Crippen LogP contribution is -2.65. The highest BCUT2D eigenvalue weighted by Gasteiger charge is 2.50. The van der Waals surface area contributed by atoms with Crippen LogP contribution in [0.25, 0.3) is 11.3 Å². The van der Waals surface area contributed by atoms with Crippen LogP contribution >= 0.6 is 0 Å². The van der Waals surface area contributed by atoms with Crippen molar-refractivity contribution in [3.63, 3.8) is 0 Å². The van der Waals surface area contributed by atoms with E-state index in [9.17, 15) is 9.59 Å². The normalized spacial score (nSPS) is 21.2. The van der Waals surface area contributed by atoms with Gasteiger partial charge in [0.1, 0.15) is 11.2 Å². The average Bonchev–Trinajstić information content (AvgIpc) is 3.33. The lowest BCUT2D eigenvalue weighted by atomic mass is 9.89. The molecule has 1 N–H and O–H groups in total. The summed E-state index contributed by atoms with van der Waals surface area (Å²) in [5.41, 5.74) is 3.45. The molecule has 1 aliphatic heterocycles. The van der Waals surface area contributed by atoms with Crippen molar-refractivity contribution in [1.82, 2.24) is 20.0 Å². The SMILES string of the molecule is CCc1ccc(-c2cc3n(n2)C[C@](C)(C(=O)NC2CCCCC2)N([C@H](C)c2ccccc2)C3=O)cc1. The Morgan fingerprint density at radius 3 is 2.44 bits per heavy atom. The fraction of sp³-hybridized carbons (Fsp3) is 0.433. The van der Waals surface area contributed by atoms with E-state index in [2.05, 4.69) is 36.5 Å². The van der Waals surface area contributed by atoms with Crippen molar-refractivity contribution >= 4 is 11.8 Å². The summed E-state index contributed by atoms with van der Waals surface area (Å²) < 4.78 is 1.74. The summed E-state index contributed by atoms with van der Waals surface area (Å²) in [6.07, 6.45) is 6.45. The first kappa shape index (κ1) is 24.3. The highest BCUT2D eigenvalue weighted by Crippen LogP contribution is 2.37. The van der Waals surface area contributed by atoms with Crippen molar-refractivity contribution in [2.24, 2.45) is 0 Å². The zero-order valence-electron chi connectivity index (χ0n) is 21.5. The minimum atomic E-state index is -1.06. The van der Waals surface area contributed by atoms with Gasteiger partial charge < -0.3 is 10.2 Å². The van der Waals surface area contributed by atoms with Crippen LogP contribution in [-0.2, 0) is 17.8 Å². The lowest BCUT2D eigenvalue weighted by molar-refractivity contribution is -0.135. The summed E-state index contributed by atoms with van der Waals surface area (Å²) in [7, 11) is 0. The minimum Gasteiger partial charge on any atom is -0.351 e. The van der Waals surface area contributed by atoms with Crippen LogP contribution in [0.3, 0.4) is 0 Å². The number of hydrogen-bond donors (Lipinski definition) is 1. The summed E-state index contributed by atoms with van der Waals surface area (Å²) >= 11 is 0. The van der Waals surface area contributed by atoms with Crippen molar-refractivity contribution in [3.8, 4) is 11.3 Å². The standard InChI is InChI=1S/C30H36N4O2/c1-4-22-15-17-24(18-16-22)26-19-27-28(35)34(21(2)23-11-7-5-8-12-23)30(3,20-33(27)32-26)29(36)31-25-13-9-6-10-14-25/h5,7-8,11-12,15-19,21,25H,4,6,9-10,13-14,20H2,1-3H3,(H,31,36)/t21-,30-/m1/s1. The molecule has 1 fully saturated rings. The van der Waals surface area contributed by atoms with Gasteiger partial charge in [0, 0.05) is 11.6 Å². The van der Waals surface area contributed by atoms with Gasteiger partial charge in [0.15, 0.2) is 0 Å². The number of nitrogens with zero attached hydrogens (tertiary/aromatic N) is 3. The van der Waals surface area contributed by atoms with Gasteiger partial charge in [0.05, 0.1) is 18.3 Å². The molecule has 6 nitrogen and oxygen atoms in total. The Labute approximate surface area is 213 Å². The zero-order valence-corrected chi connectivity index (χ0v) is 21.5. The molecule has 1 saturated carbocycles. The number of carbonyl (C=O) groups is 2. The molecule has 2 aliphatic rings. The summed E-state index contributed by atoms with van der Waals surface area (Å²) in [4.78, 5) is 29.7. The monoisotopic (exact) mass is 484 g/mol. The predicted molar refractivity (Wildman–Crippen MR) is 141 cm³/mol. The number of fused-ring (bicyclic) bond motifs is 1.